The molecule has 0 amide bonds. The highest BCUT2D eigenvalue weighted by Gasteiger charge is 2.33. The molecule has 2 rings (SSSR count). The van der Waals surface area contributed by atoms with Gasteiger partial charge in [0.1, 0.15) is 17.6 Å². The van der Waals surface area contributed by atoms with Crippen LogP contribution in [0.2, 0.25) is 0 Å². The van der Waals surface area contributed by atoms with E-state index < -0.39 is 11.9 Å². The van der Waals surface area contributed by atoms with E-state index in [-0.39, 0.29) is 11.4 Å². The van der Waals surface area contributed by atoms with Gasteiger partial charge in [0.25, 0.3) is 0 Å². The number of hydrogen-bond donors (Lipinski definition) is 1. The van der Waals surface area contributed by atoms with Crippen LogP contribution in [0.5, 0.6) is 0 Å². The molecule has 0 aliphatic rings. The first-order valence-corrected chi connectivity index (χ1v) is 6.10. The first-order chi connectivity index (χ1) is 9.90. The Hall–Kier alpha value is -2.56. The number of alkyl halides is 3. The van der Waals surface area contributed by atoms with Crippen molar-refractivity contribution in [2.45, 2.75) is 12.6 Å². The van der Waals surface area contributed by atoms with Crippen LogP contribution >= 0.6 is 0 Å². The molecule has 110 valence electrons. The molecule has 8 heteroatoms. The van der Waals surface area contributed by atoms with Crippen LogP contribution in [-0.4, -0.2) is 21.3 Å². The van der Waals surface area contributed by atoms with Crippen molar-refractivity contribution >= 4 is 5.82 Å². The Balaban J connectivity index is 2.09. The molecule has 2 aromatic heterocycles. The van der Waals surface area contributed by atoms with E-state index in [0.717, 1.165) is 17.7 Å². The lowest BCUT2D eigenvalue weighted by Gasteiger charge is -2.10. The molecule has 0 saturated carbocycles. The van der Waals surface area contributed by atoms with Gasteiger partial charge in [0.15, 0.2) is 0 Å². The largest absolute Gasteiger partial charge is 0.433 e. The summed E-state index contributed by atoms with van der Waals surface area (Å²) in [6, 6.07) is 3.73. The fraction of sp³-hybridized carbons (Fsp3) is 0.308. The van der Waals surface area contributed by atoms with Gasteiger partial charge in [-0.15, -0.1) is 0 Å². The van der Waals surface area contributed by atoms with Crippen molar-refractivity contribution in [2.24, 2.45) is 7.05 Å². The van der Waals surface area contributed by atoms with Gasteiger partial charge in [0.2, 0.25) is 0 Å². The minimum absolute atomic E-state index is 0.0591. The van der Waals surface area contributed by atoms with Crippen LogP contribution in [0, 0.1) is 11.3 Å². The lowest BCUT2D eigenvalue weighted by molar-refractivity contribution is -0.141. The molecule has 5 nitrogen and oxygen atoms in total. The zero-order valence-corrected chi connectivity index (χ0v) is 11.1. The Morgan fingerprint density at radius 2 is 2.14 bits per heavy atom. The molecule has 21 heavy (non-hydrogen) atoms. The third kappa shape index (κ3) is 3.72. The monoisotopic (exact) mass is 295 g/mol. The number of pyridine rings is 1. The molecule has 2 aromatic rings. The van der Waals surface area contributed by atoms with Gasteiger partial charge >= 0.3 is 6.18 Å². The predicted octanol–water partition coefficient (Wildman–Crippen LogP) is 2.36. The summed E-state index contributed by atoms with van der Waals surface area (Å²) in [4.78, 5) is 3.47. The van der Waals surface area contributed by atoms with Crippen LogP contribution in [0.1, 0.15) is 16.8 Å². The minimum atomic E-state index is -4.53. The van der Waals surface area contributed by atoms with Crippen molar-refractivity contribution in [3.8, 4) is 6.07 Å². The Bertz CT molecular complexity index is 669. The van der Waals surface area contributed by atoms with E-state index in [2.05, 4.69) is 15.4 Å². The summed E-state index contributed by atoms with van der Waals surface area (Å²) in [7, 11) is 1.78. The lowest BCUT2D eigenvalue weighted by atomic mass is 10.2. The number of halogens is 3. The van der Waals surface area contributed by atoms with Crippen molar-refractivity contribution in [1.82, 2.24) is 14.8 Å². The second kappa shape index (κ2) is 5.83. The summed E-state index contributed by atoms with van der Waals surface area (Å²) < 4.78 is 39.5. The molecular formula is C13H12F3N5. The maximum absolute atomic E-state index is 12.6. The summed E-state index contributed by atoms with van der Waals surface area (Å²) >= 11 is 0. The third-order valence-electron chi connectivity index (χ3n) is 2.77. The molecule has 0 unspecified atom stereocenters. The third-order valence-corrected chi connectivity index (χ3v) is 2.77. The van der Waals surface area contributed by atoms with E-state index in [9.17, 15) is 13.2 Å². The first-order valence-electron chi connectivity index (χ1n) is 6.10. The van der Waals surface area contributed by atoms with E-state index in [1.807, 2.05) is 12.3 Å². The van der Waals surface area contributed by atoms with Gasteiger partial charge in [-0.25, -0.2) is 4.98 Å². The van der Waals surface area contributed by atoms with E-state index in [1.54, 1.807) is 17.9 Å². The first kappa shape index (κ1) is 14.8. The second-order valence-electron chi connectivity index (χ2n) is 4.40. The number of aryl methyl sites for hydroxylation is 1. The molecule has 0 bridgehead atoms. The molecule has 0 saturated heterocycles. The van der Waals surface area contributed by atoms with Crippen molar-refractivity contribution in [2.75, 3.05) is 11.9 Å². The van der Waals surface area contributed by atoms with Gasteiger partial charge in [-0.3, -0.25) is 4.68 Å². The molecule has 0 atom stereocenters. The van der Waals surface area contributed by atoms with Crippen molar-refractivity contribution < 1.29 is 13.2 Å². The highest BCUT2D eigenvalue weighted by molar-refractivity contribution is 5.52. The summed E-state index contributed by atoms with van der Waals surface area (Å²) in [5, 5.41) is 15.7. The zero-order chi connectivity index (χ0) is 15.5. The van der Waals surface area contributed by atoms with Crippen LogP contribution < -0.4 is 5.32 Å². The van der Waals surface area contributed by atoms with E-state index in [4.69, 9.17) is 5.26 Å². The lowest BCUT2D eigenvalue weighted by Crippen LogP contribution is -2.13. The Kier molecular flexibility index (Phi) is 4.12. The SMILES string of the molecule is Cn1cc(CCNc2nc(C(F)(F)F)ccc2C#N)cn1. The molecule has 0 spiro atoms. The molecule has 0 aliphatic heterocycles. The van der Waals surface area contributed by atoms with Gasteiger partial charge < -0.3 is 5.32 Å². The molecule has 0 radical (unpaired) electrons. The molecule has 1 N–H and O–H groups in total. The van der Waals surface area contributed by atoms with E-state index in [1.165, 1.54) is 0 Å². The zero-order valence-electron chi connectivity index (χ0n) is 11.1. The highest BCUT2D eigenvalue weighted by atomic mass is 19.4. The summed E-state index contributed by atoms with van der Waals surface area (Å²) in [6.07, 6.45) is -0.483. The van der Waals surface area contributed by atoms with Gasteiger partial charge in [0, 0.05) is 19.8 Å². The summed E-state index contributed by atoms with van der Waals surface area (Å²) in [5.74, 6) is -0.0591. The van der Waals surface area contributed by atoms with Crippen LogP contribution in [0.25, 0.3) is 0 Å². The topological polar surface area (TPSA) is 66.5 Å². The van der Waals surface area contributed by atoms with Gasteiger partial charge in [-0.2, -0.15) is 23.5 Å². The standard InChI is InChI=1S/C13H12F3N5/c1-21-8-9(7-19-21)4-5-18-12-10(6-17)2-3-11(20-12)13(14,15)16/h2-3,7-8H,4-5H2,1H3,(H,18,20). The van der Waals surface area contributed by atoms with Crippen LogP contribution in [0.15, 0.2) is 24.5 Å². The van der Waals surface area contributed by atoms with Crippen LogP contribution in [0.3, 0.4) is 0 Å². The number of nitrogens with one attached hydrogen (secondary N) is 1. The molecule has 0 fully saturated rings. The number of anilines is 1. The fourth-order valence-electron chi connectivity index (χ4n) is 1.77. The molecule has 2 heterocycles. The quantitative estimate of drug-likeness (QED) is 0.940. The normalized spacial score (nSPS) is 11.2. The maximum atomic E-state index is 12.6. The smallest absolute Gasteiger partial charge is 0.369 e. The number of hydrogen-bond acceptors (Lipinski definition) is 4. The van der Waals surface area contributed by atoms with Gasteiger partial charge in [-0.05, 0) is 24.1 Å². The molecule has 0 aromatic carbocycles. The number of nitriles is 1. The highest BCUT2D eigenvalue weighted by Crippen LogP contribution is 2.29. The van der Waals surface area contributed by atoms with Crippen LogP contribution in [0.4, 0.5) is 19.0 Å². The van der Waals surface area contributed by atoms with Crippen LogP contribution in [-0.2, 0) is 19.6 Å². The molecular weight excluding hydrogens is 283 g/mol. The Morgan fingerprint density at radius 3 is 2.71 bits per heavy atom. The average Bonchev–Trinajstić information content (AvgIpc) is 2.83. The minimum Gasteiger partial charge on any atom is -0.369 e. The average molecular weight is 295 g/mol. The second-order valence-corrected chi connectivity index (χ2v) is 4.40. The Labute approximate surface area is 119 Å². The van der Waals surface area contributed by atoms with Crippen molar-refractivity contribution in [1.29, 1.82) is 5.26 Å². The molecule has 0 aliphatic carbocycles. The predicted molar refractivity (Wildman–Crippen MR) is 69.4 cm³/mol. The number of aromatic nitrogens is 3. The van der Waals surface area contributed by atoms with Crippen molar-refractivity contribution in [3.63, 3.8) is 0 Å². The fourth-order valence-corrected chi connectivity index (χ4v) is 1.77. The number of rotatable bonds is 4. The van der Waals surface area contributed by atoms with E-state index in [0.29, 0.717) is 13.0 Å². The summed E-state index contributed by atoms with van der Waals surface area (Å²) in [5.41, 5.74) is -0.00459. The van der Waals surface area contributed by atoms with E-state index >= 15 is 0 Å². The number of nitrogens with zero attached hydrogens (tertiary/aromatic N) is 4. The van der Waals surface area contributed by atoms with Gasteiger partial charge in [0.05, 0.1) is 11.8 Å². The Morgan fingerprint density at radius 1 is 1.38 bits per heavy atom. The maximum Gasteiger partial charge on any atom is 0.433 e. The van der Waals surface area contributed by atoms with Gasteiger partial charge in [-0.1, -0.05) is 0 Å². The van der Waals surface area contributed by atoms with Crippen molar-refractivity contribution in [3.05, 3.63) is 41.3 Å². The summed E-state index contributed by atoms with van der Waals surface area (Å²) in [6.45, 7) is 0.356.